The molecule has 1 atom stereocenters. The molecule has 0 bridgehead atoms. The first-order valence-corrected chi connectivity index (χ1v) is 16.2. The number of aliphatic carboxylic acids is 1. The lowest BCUT2D eigenvalue weighted by molar-refractivity contribution is -0.151. The molecule has 0 saturated heterocycles. The van der Waals surface area contributed by atoms with Gasteiger partial charge in [0, 0.05) is 0 Å². The lowest BCUT2D eigenvalue weighted by Gasteiger charge is -2.11. The lowest BCUT2D eigenvalue weighted by Crippen LogP contribution is -2.19. The number of carbonyl (C=O) groups excluding carboxylic acids is 1. The number of ether oxygens (including phenoxy) is 1. The predicted octanol–water partition coefficient (Wildman–Crippen LogP) is 10.7. The number of rotatable bonds is 30. The highest BCUT2D eigenvalue weighted by Gasteiger charge is 2.21. The van der Waals surface area contributed by atoms with Gasteiger partial charge in [0.2, 0.25) is 0 Å². The second kappa shape index (κ2) is 30.0. The maximum absolute atomic E-state index is 11.6. The summed E-state index contributed by atoms with van der Waals surface area (Å²) in [5.74, 6) is -1.98. The molecule has 0 aromatic rings. The van der Waals surface area contributed by atoms with E-state index in [1.165, 1.54) is 134 Å². The molecule has 0 radical (unpaired) electrons. The fraction of sp³-hybridized carbons (Fsp3) is 0.824. The Morgan fingerprint density at radius 3 is 1.37 bits per heavy atom. The monoisotopic (exact) mass is 534 g/mol. The number of carbonyl (C=O) groups is 2. The molecule has 1 N–H and O–H groups in total. The average molecular weight is 535 g/mol. The van der Waals surface area contributed by atoms with Crippen LogP contribution in [0.25, 0.3) is 0 Å². The minimum Gasteiger partial charge on any atom is -0.481 e. The Balaban J connectivity index is 3.29. The van der Waals surface area contributed by atoms with Gasteiger partial charge in [-0.25, -0.2) is 0 Å². The molecule has 0 aromatic heterocycles. The summed E-state index contributed by atoms with van der Waals surface area (Å²) in [5, 5.41) is 9.31. The molecule has 0 aliphatic rings. The Morgan fingerprint density at radius 1 is 0.658 bits per heavy atom. The number of hydrogen-bond donors (Lipinski definition) is 1. The van der Waals surface area contributed by atoms with Crippen molar-refractivity contribution in [2.45, 2.75) is 167 Å². The lowest BCUT2D eigenvalue weighted by atomic mass is 9.97. The third kappa shape index (κ3) is 27.5. The molecule has 4 nitrogen and oxygen atoms in total. The van der Waals surface area contributed by atoms with E-state index in [9.17, 15) is 14.7 Å². The SMILES string of the molecule is C=CCOC(=O)CC(CCCCCCCCCCCCCCCCCCCCCCCC/C=C/C)C(=O)O. The molecule has 4 heteroatoms. The minimum absolute atomic E-state index is 0.0404. The zero-order valence-corrected chi connectivity index (χ0v) is 25.1. The van der Waals surface area contributed by atoms with Crippen LogP contribution in [0.3, 0.4) is 0 Å². The Morgan fingerprint density at radius 2 is 1.03 bits per heavy atom. The van der Waals surface area contributed by atoms with E-state index in [4.69, 9.17) is 4.74 Å². The Bertz CT molecular complexity index is 569. The predicted molar refractivity (Wildman–Crippen MR) is 163 cm³/mol. The van der Waals surface area contributed by atoms with Gasteiger partial charge in [-0.05, 0) is 26.2 Å². The number of allylic oxidation sites excluding steroid dienone is 2. The molecule has 0 fully saturated rings. The third-order valence-electron chi connectivity index (χ3n) is 7.53. The van der Waals surface area contributed by atoms with E-state index in [0.29, 0.717) is 6.42 Å². The first-order valence-electron chi connectivity index (χ1n) is 16.2. The number of unbranched alkanes of at least 4 members (excludes halogenated alkanes) is 22. The van der Waals surface area contributed by atoms with Crippen molar-refractivity contribution >= 4 is 11.9 Å². The highest BCUT2D eigenvalue weighted by molar-refractivity contribution is 5.78. The number of hydrogen-bond acceptors (Lipinski definition) is 3. The first-order chi connectivity index (χ1) is 18.6. The highest BCUT2D eigenvalue weighted by Crippen LogP contribution is 2.18. The largest absolute Gasteiger partial charge is 0.481 e. The number of esters is 1. The molecule has 0 heterocycles. The highest BCUT2D eigenvalue weighted by atomic mass is 16.5. The summed E-state index contributed by atoms with van der Waals surface area (Å²) < 4.78 is 4.91. The van der Waals surface area contributed by atoms with Crippen molar-refractivity contribution in [3.63, 3.8) is 0 Å². The van der Waals surface area contributed by atoms with Gasteiger partial charge in [-0.15, -0.1) is 0 Å². The zero-order valence-electron chi connectivity index (χ0n) is 25.1. The molecule has 222 valence electrons. The molecule has 0 saturated carbocycles. The van der Waals surface area contributed by atoms with Gasteiger partial charge in [-0.3, -0.25) is 9.59 Å². The summed E-state index contributed by atoms with van der Waals surface area (Å²) in [6, 6.07) is 0. The van der Waals surface area contributed by atoms with Crippen molar-refractivity contribution in [2.24, 2.45) is 5.92 Å². The van der Waals surface area contributed by atoms with E-state index < -0.39 is 17.9 Å². The second-order valence-electron chi connectivity index (χ2n) is 11.1. The van der Waals surface area contributed by atoms with Crippen molar-refractivity contribution in [2.75, 3.05) is 6.61 Å². The molecule has 38 heavy (non-hydrogen) atoms. The van der Waals surface area contributed by atoms with Crippen LogP contribution in [0.1, 0.15) is 167 Å². The van der Waals surface area contributed by atoms with Crippen LogP contribution in [0.15, 0.2) is 24.8 Å². The fourth-order valence-electron chi connectivity index (χ4n) is 5.08. The van der Waals surface area contributed by atoms with Crippen LogP contribution >= 0.6 is 0 Å². The minimum atomic E-state index is -0.900. The molecule has 0 rings (SSSR count). The summed E-state index contributed by atoms with van der Waals surface area (Å²) in [6.45, 7) is 5.74. The van der Waals surface area contributed by atoms with Gasteiger partial charge in [0.05, 0.1) is 12.3 Å². The topological polar surface area (TPSA) is 63.6 Å². The molecule has 0 aromatic carbocycles. The van der Waals surface area contributed by atoms with Gasteiger partial charge in [0.15, 0.2) is 0 Å². The fourth-order valence-corrected chi connectivity index (χ4v) is 5.08. The van der Waals surface area contributed by atoms with Gasteiger partial charge in [-0.1, -0.05) is 160 Å². The summed E-state index contributed by atoms with van der Waals surface area (Å²) in [7, 11) is 0. The van der Waals surface area contributed by atoms with Crippen LogP contribution in [-0.2, 0) is 14.3 Å². The van der Waals surface area contributed by atoms with Crippen LogP contribution in [0.2, 0.25) is 0 Å². The molecular formula is C34H62O4. The first kappa shape index (κ1) is 36.4. The zero-order chi connectivity index (χ0) is 27.9. The smallest absolute Gasteiger partial charge is 0.307 e. The van der Waals surface area contributed by atoms with Crippen LogP contribution in [0.5, 0.6) is 0 Å². The van der Waals surface area contributed by atoms with E-state index in [2.05, 4.69) is 25.7 Å². The summed E-state index contributed by atoms with van der Waals surface area (Å²) in [6.07, 6.45) is 37.2. The Kier molecular flexibility index (Phi) is 28.7. The molecule has 0 aliphatic heterocycles. The van der Waals surface area contributed by atoms with Gasteiger partial charge < -0.3 is 9.84 Å². The quantitative estimate of drug-likeness (QED) is 0.0565. The molecule has 1 unspecified atom stereocenters. The van der Waals surface area contributed by atoms with Crippen molar-refractivity contribution < 1.29 is 19.4 Å². The normalized spacial score (nSPS) is 12.1. The van der Waals surface area contributed by atoms with Crippen molar-refractivity contribution in [1.29, 1.82) is 0 Å². The van der Waals surface area contributed by atoms with Crippen molar-refractivity contribution in [3.8, 4) is 0 Å². The standard InChI is InChI=1S/C34H62O4/c1-3-5-6-7-8-9-10-11-12-13-14-15-16-17-18-19-20-21-22-23-24-25-26-27-28-29-32(34(36)37)31-33(35)38-30-4-2/h3-5,32H,2,6-31H2,1H3,(H,36,37)/b5-3+. The Labute approximate surface area is 236 Å². The maximum atomic E-state index is 11.6. The van der Waals surface area contributed by atoms with Gasteiger partial charge in [-0.2, -0.15) is 0 Å². The molecule has 0 amide bonds. The molecule has 0 spiro atoms. The molecular weight excluding hydrogens is 472 g/mol. The van der Waals surface area contributed by atoms with E-state index in [1.807, 2.05) is 0 Å². The van der Waals surface area contributed by atoms with Crippen LogP contribution < -0.4 is 0 Å². The van der Waals surface area contributed by atoms with Gasteiger partial charge >= 0.3 is 11.9 Å². The van der Waals surface area contributed by atoms with E-state index in [-0.39, 0.29) is 13.0 Å². The van der Waals surface area contributed by atoms with E-state index in [0.717, 1.165) is 19.3 Å². The van der Waals surface area contributed by atoms with E-state index in [1.54, 1.807) is 0 Å². The summed E-state index contributed by atoms with van der Waals surface area (Å²) in [4.78, 5) is 23.0. The van der Waals surface area contributed by atoms with E-state index >= 15 is 0 Å². The van der Waals surface area contributed by atoms with Gasteiger partial charge in [0.1, 0.15) is 6.61 Å². The summed E-state index contributed by atoms with van der Waals surface area (Å²) >= 11 is 0. The number of carboxylic acid groups (broad SMARTS) is 1. The second-order valence-corrected chi connectivity index (χ2v) is 11.1. The maximum Gasteiger partial charge on any atom is 0.307 e. The van der Waals surface area contributed by atoms with Crippen molar-refractivity contribution in [3.05, 3.63) is 24.8 Å². The number of carboxylic acids is 1. The van der Waals surface area contributed by atoms with Crippen molar-refractivity contribution in [1.82, 2.24) is 0 Å². The van der Waals surface area contributed by atoms with Gasteiger partial charge in [0.25, 0.3) is 0 Å². The Hall–Kier alpha value is -1.58. The van der Waals surface area contributed by atoms with Crippen LogP contribution in [0.4, 0.5) is 0 Å². The average Bonchev–Trinajstić information content (AvgIpc) is 2.91. The van der Waals surface area contributed by atoms with Crippen LogP contribution in [0, 0.1) is 5.92 Å². The van der Waals surface area contributed by atoms with Crippen LogP contribution in [-0.4, -0.2) is 23.7 Å². The summed E-state index contributed by atoms with van der Waals surface area (Å²) in [5.41, 5.74) is 0. The molecule has 0 aliphatic carbocycles. The third-order valence-corrected chi connectivity index (χ3v) is 7.53.